The Morgan fingerprint density at radius 1 is 1.23 bits per heavy atom. The third kappa shape index (κ3) is 6.34. The highest BCUT2D eigenvalue weighted by Gasteiger charge is 2.34. The summed E-state index contributed by atoms with van der Waals surface area (Å²) in [6, 6.07) is 1.98. The summed E-state index contributed by atoms with van der Waals surface area (Å²) in [6.45, 7) is 4.81. The molecule has 13 heteroatoms. The van der Waals surface area contributed by atoms with E-state index in [-0.39, 0.29) is 30.5 Å². The highest BCUT2D eigenvalue weighted by atomic mass is 127. The molecule has 1 atom stereocenters. The minimum Gasteiger partial charge on any atom is -0.364 e. The number of carbonyl (C=O) groups excluding carboxylic acids is 1. The van der Waals surface area contributed by atoms with Crippen LogP contribution in [-0.4, -0.2) is 62.7 Å². The molecule has 166 valence electrons. The number of benzene rings is 1. The lowest BCUT2D eigenvalue weighted by Gasteiger charge is -2.25. The molecule has 1 aromatic rings. The molecule has 1 saturated heterocycles. The molecule has 11 nitrogen and oxygen atoms in total. The number of nitro groups is 2. The molecule has 1 aliphatic rings. The van der Waals surface area contributed by atoms with E-state index >= 15 is 0 Å². The number of hydrogen-bond acceptors (Lipinski definition) is 8. The molecule has 0 saturated carbocycles. The summed E-state index contributed by atoms with van der Waals surface area (Å²) in [6.07, 6.45) is -0.388. The van der Waals surface area contributed by atoms with Crippen molar-refractivity contribution in [3.63, 3.8) is 0 Å². The van der Waals surface area contributed by atoms with E-state index < -0.39 is 32.9 Å². The first-order valence-corrected chi connectivity index (χ1v) is 12.1. The summed E-state index contributed by atoms with van der Waals surface area (Å²) in [5.74, 6) is -1.40. The van der Waals surface area contributed by atoms with Gasteiger partial charge >= 0.3 is 0 Å². The maximum Gasteiger partial charge on any atom is 0.300 e. The summed E-state index contributed by atoms with van der Waals surface area (Å²) in [7, 11) is 0. The number of anilines is 1. The zero-order valence-electron chi connectivity index (χ0n) is 16.4. The smallest absolute Gasteiger partial charge is 0.300 e. The second kappa shape index (κ2) is 10.8. The van der Waals surface area contributed by atoms with Gasteiger partial charge in [-0.2, -0.15) is 0 Å². The molecule has 0 aromatic heterocycles. The first-order valence-electron chi connectivity index (χ1n) is 9.03. The van der Waals surface area contributed by atoms with E-state index in [2.05, 4.69) is 50.5 Å². The van der Waals surface area contributed by atoms with Crippen molar-refractivity contribution in [3.8, 4) is 0 Å². The molecule has 1 unspecified atom stereocenters. The molecule has 1 fully saturated rings. The van der Waals surface area contributed by atoms with E-state index in [1.807, 2.05) is 0 Å². The SMILES string of the molecule is CC1(C)OCC(CNC(=O)c2cc([N+](=O)[O-])cc([N+](=O)[O-])c2N(CCI)CCI)O1. The van der Waals surface area contributed by atoms with Gasteiger partial charge in [0, 0.05) is 34.6 Å². The van der Waals surface area contributed by atoms with Crippen molar-refractivity contribution < 1.29 is 24.1 Å². The van der Waals surface area contributed by atoms with Crippen LogP contribution in [0.3, 0.4) is 0 Å². The number of amides is 1. The zero-order valence-corrected chi connectivity index (χ0v) is 20.7. The Morgan fingerprint density at radius 2 is 1.87 bits per heavy atom. The number of nitro benzene ring substituents is 2. The van der Waals surface area contributed by atoms with Gasteiger partial charge in [-0.3, -0.25) is 25.0 Å². The van der Waals surface area contributed by atoms with Crippen LogP contribution < -0.4 is 10.2 Å². The predicted molar refractivity (Wildman–Crippen MR) is 127 cm³/mol. The van der Waals surface area contributed by atoms with E-state index in [4.69, 9.17) is 9.47 Å². The van der Waals surface area contributed by atoms with Gasteiger partial charge in [-0.15, -0.1) is 0 Å². The fourth-order valence-electron chi connectivity index (χ4n) is 3.06. The van der Waals surface area contributed by atoms with Crippen LogP contribution >= 0.6 is 45.2 Å². The Hall–Kier alpha value is -1.33. The topological polar surface area (TPSA) is 137 Å². The number of nitrogens with zero attached hydrogens (tertiary/aromatic N) is 3. The summed E-state index contributed by atoms with van der Waals surface area (Å²) >= 11 is 4.27. The second-order valence-corrected chi connectivity index (χ2v) is 9.06. The van der Waals surface area contributed by atoms with Crippen LogP contribution in [0.25, 0.3) is 0 Å². The first kappa shape index (κ1) is 24.9. The highest BCUT2D eigenvalue weighted by molar-refractivity contribution is 14.1. The van der Waals surface area contributed by atoms with Gasteiger partial charge in [0.25, 0.3) is 17.3 Å². The van der Waals surface area contributed by atoms with Crippen LogP contribution in [0, 0.1) is 20.2 Å². The summed E-state index contributed by atoms with van der Waals surface area (Å²) in [4.78, 5) is 36.3. The molecule has 1 N–H and O–H groups in total. The van der Waals surface area contributed by atoms with Crippen molar-refractivity contribution in [3.05, 3.63) is 37.9 Å². The number of rotatable bonds is 10. The van der Waals surface area contributed by atoms with E-state index in [0.717, 1.165) is 12.1 Å². The third-order valence-corrected chi connectivity index (χ3v) is 5.27. The molecular formula is C17H22I2N4O7. The van der Waals surface area contributed by atoms with Crippen molar-refractivity contribution in [2.24, 2.45) is 0 Å². The lowest BCUT2D eigenvalue weighted by molar-refractivity contribution is -0.393. The number of alkyl halides is 2. The monoisotopic (exact) mass is 648 g/mol. The molecule has 0 spiro atoms. The maximum absolute atomic E-state index is 13.0. The van der Waals surface area contributed by atoms with E-state index in [9.17, 15) is 25.0 Å². The van der Waals surface area contributed by atoms with Crippen molar-refractivity contribution in [1.82, 2.24) is 5.32 Å². The number of carbonyl (C=O) groups is 1. The average Bonchev–Trinajstić information content (AvgIpc) is 3.03. The fourth-order valence-corrected chi connectivity index (χ4v) is 4.22. The average molecular weight is 648 g/mol. The van der Waals surface area contributed by atoms with Crippen LogP contribution in [0.15, 0.2) is 12.1 Å². The number of nitrogens with one attached hydrogen (secondary N) is 1. The molecule has 1 amide bonds. The van der Waals surface area contributed by atoms with Crippen LogP contribution in [-0.2, 0) is 9.47 Å². The van der Waals surface area contributed by atoms with Crippen LogP contribution in [0.5, 0.6) is 0 Å². The zero-order chi connectivity index (χ0) is 22.5. The third-order valence-electron chi connectivity index (χ3n) is 4.31. The van der Waals surface area contributed by atoms with Crippen molar-refractivity contribution >= 4 is 68.2 Å². The van der Waals surface area contributed by atoms with Gasteiger partial charge in [-0.1, -0.05) is 45.2 Å². The van der Waals surface area contributed by atoms with Gasteiger partial charge in [0.2, 0.25) is 0 Å². The molecule has 30 heavy (non-hydrogen) atoms. The Balaban J connectivity index is 2.44. The molecule has 1 heterocycles. The number of ether oxygens (including phenoxy) is 2. The summed E-state index contributed by atoms with van der Waals surface area (Å²) in [5.41, 5.74) is -1.00. The number of halogens is 2. The molecule has 0 radical (unpaired) electrons. The molecule has 1 aliphatic heterocycles. The Labute approximate surface area is 200 Å². The van der Waals surface area contributed by atoms with Gasteiger partial charge in [0.05, 0.1) is 28.1 Å². The Kier molecular flexibility index (Phi) is 8.98. The van der Waals surface area contributed by atoms with Crippen molar-refractivity contribution in [2.45, 2.75) is 25.7 Å². The van der Waals surface area contributed by atoms with E-state index in [1.165, 1.54) is 0 Å². The fraction of sp³-hybridized carbons (Fsp3) is 0.588. The quantitative estimate of drug-likeness (QED) is 0.177. The van der Waals surface area contributed by atoms with Gasteiger partial charge in [0.15, 0.2) is 5.79 Å². The molecule has 1 aromatic carbocycles. The van der Waals surface area contributed by atoms with Crippen molar-refractivity contribution in [2.75, 3.05) is 40.0 Å². The number of non-ortho nitro benzene ring substituents is 1. The van der Waals surface area contributed by atoms with Crippen LogP contribution in [0.4, 0.5) is 17.1 Å². The minimum absolute atomic E-state index is 0.0837. The van der Waals surface area contributed by atoms with Gasteiger partial charge in [-0.05, 0) is 13.8 Å². The largest absolute Gasteiger partial charge is 0.364 e. The lowest BCUT2D eigenvalue weighted by atomic mass is 10.1. The Bertz CT molecular complexity index is 816. The van der Waals surface area contributed by atoms with E-state index in [0.29, 0.717) is 21.9 Å². The molecule has 0 bridgehead atoms. The Morgan fingerprint density at radius 3 is 2.33 bits per heavy atom. The van der Waals surface area contributed by atoms with E-state index in [1.54, 1.807) is 18.7 Å². The molecular weight excluding hydrogens is 626 g/mol. The van der Waals surface area contributed by atoms with Gasteiger partial charge in [0.1, 0.15) is 11.8 Å². The molecule has 0 aliphatic carbocycles. The first-order chi connectivity index (χ1) is 14.1. The van der Waals surface area contributed by atoms with Crippen LogP contribution in [0.2, 0.25) is 0 Å². The summed E-state index contributed by atoms with van der Waals surface area (Å²) < 4.78 is 12.4. The van der Waals surface area contributed by atoms with Crippen molar-refractivity contribution in [1.29, 1.82) is 0 Å². The molecule has 2 rings (SSSR count). The minimum atomic E-state index is -0.762. The second-order valence-electron chi connectivity index (χ2n) is 6.90. The lowest BCUT2D eigenvalue weighted by Crippen LogP contribution is -2.36. The normalized spacial score (nSPS) is 17.5. The maximum atomic E-state index is 13.0. The van der Waals surface area contributed by atoms with Gasteiger partial charge < -0.3 is 19.7 Å². The van der Waals surface area contributed by atoms with Gasteiger partial charge in [-0.25, -0.2) is 0 Å². The number of hydrogen-bond donors (Lipinski definition) is 1. The van der Waals surface area contributed by atoms with Crippen LogP contribution in [0.1, 0.15) is 24.2 Å². The summed E-state index contributed by atoms with van der Waals surface area (Å²) in [5, 5.41) is 25.7. The standard InChI is InChI=1S/C17H22I2N4O7/c1-17(2)29-10-12(30-17)9-20-16(24)13-7-11(22(25)26)8-14(23(27)28)15(13)21(5-3-18)6-4-19/h7-8,12H,3-6,9-10H2,1-2H3,(H,20,24). The predicted octanol–water partition coefficient (Wildman–Crippen LogP) is 3.06. The highest BCUT2D eigenvalue weighted by Crippen LogP contribution is 2.36.